The van der Waals surface area contributed by atoms with Gasteiger partial charge in [-0.25, -0.2) is 4.98 Å². The molecule has 0 aliphatic rings. The monoisotopic (exact) mass is 374 g/mol. The van der Waals surface area contributed by atoms with Crippen LogP contribution in [0.5, 0.6) is 0 Å². The third kappa shape index (κ3) is 3.57. The SMILES string of the molecule is Cc1nc2ccccc2c(C)c1CC(=O)Nc1nc(-c2ccccn2)cs1. The van der Waals surface area contributed by atoms with Gasteiger partial charge in [0.2, 0.25) is 5.91 Å². The molecule has 0 saturated heterocycles. The average Bonchev–Trinajstić information content (AvgIpc) is 3.14. The number of rotatable bonds is 4. The van der Waals surface area contributed by atoms with Crippen LogP contribution in [0.2, 0.25) is 0 Å². The van der Waals surface area contributed by atoms with Crippen molar-refractivity contribution in [2.45, 2.75) is 20.3 Å². The molecule has 134 valence electrons. The first-order valence-corrected chi connectivity index (χ1v) is 9.51. The van der Waals surface area contributed by atoms with E-state index in [0.717, 1.165) is 39.1 Å². The zero-order chi connectivity index (χ0) is 18.8. The number of carbonyl (C=O) groups is 1. The highest BCUT2D eigenvalue weighted by molar-refractivity contribution is 7.14. The first-order chi connectivity index (χ1) is 13.1. The van der Waals surface area contributed by atoms with Crippen molar-refractivity contribution in [2.75, 3.05) is 5.32 Å². The maximum absolute atomic E-state index is 12.6. The summed E-state index contributed by atoms with van der Waals surface area (Å²) in [6.07, 6.45) is 2.00. The number of para-hydroxylation sites is 1. The number of benzene rings is 1. The lowest BCUT2D eigenvalue weighted by Gasteiger charge is -2.12. The number of fused-ring (bicyclic) bond motifs is 1. The number of thiazole rings is 1. The Morgan fingerprint density at radius 1 is 1.04 bits per heavy atom. The Labute approximate surface area is 161 Å². The van der Waals surface area contributed by atoms with E-state index in [1.807, 2.05) is 61.7 Å². The average molecular weight is 374 g/mol. The van der Waals surface area contributed by atoms with Crippen molar-refractivity contribution in [3.05, 3.63) is 70.9 Å². The molecule has 0 atom stereocenters. The number of nitrogens with one attached hydrogen (secondary N) is 1. The topological polar surface area (TPSA) is 67.8 Å². The highest BCUT2D eigenvalue weighted by atomic mass is 32.1. The highest BCUT2D eigenvalue weighted by Crippen LogP contribution is 2.25. The van der Waals surface area contributed by atoms with Crippen LogP contribution >= 0.6 is 11.3 Å². The van der Waals surface area contributed by atoms with E-state index in [1.54, 1.807) is 6.20 Å². The lowest BCUT2D eigenvalue weighted by Crippen LogP contribution is -2.16. The lowest BCUT2D eigenvalue weighted by atomic mass is 9.99. The van der Waals surface area contributed by atoms with E-state index >= 15 is 0 Å². The number of aromatic nitrogens is 3. The summed E-state index contributed by atoms with van der Waals surface area (Å²) < 4.78 is 0. The summed E-state index contributed by atoms with van der Waals surface area (Å²) >= 11 is 1.40. The smallest absolute Gasteiger partial charge is 0.230 e. The van der Waals surface area contributed by atoms with E-state index in [2.05, 4.69) is 20.3 Å². The van der Waals surface area contributed by atoms with Gasteiger partial charge in [-0.15, -0.1) is 11.3 Å². The molecule has 5 nitrogen and oxygen atoms in total. The van der Waals surface area contributed by atoms with Gasteiger partial charge in [0, 0.05) is 22.7 Å². The summed E-state index contributed by atoms with van der Waals surface area (Å²) in [5, 5.41) is 6.45. The van der Waals surface area contributed by atoms with Crippen LogP contribution in [0.4, 0.5) is 5.13 Å². The number of carbonyl (C=O) groups excluding carboxylic acids is 1. The number of anilines is 1. The minimum atomic E-state index is -0.0970. The Morgan fingerprint density at radius 3 is 2.67 bits per heavy atom. The molecular weight excluding hydrogens is 356 g/mol. The van der Waals surface area contributed by atoms with Gasteiger partial charge >= 0.3 is 0 Å². The standard InChI is InChI=1S/C21H18N4OS/c1-13-15-7-3-4-8-17(15)23-14(2)16(13)11-20(26)25-21-24-19(12-27-21)18-9-5-6-10-22-18/h3-10,12H,11H2,1-2H3,(H,24,25,26). The Kier molecular flexibility index (Phi) is 4.64. The van der Waals surface area contributed by atoms with Crippen LogP contribution in [0.15, 0.2) is 54.0 Å². The molecule has 0 aliphatic carbocycles. The van der Waals surface area contributed by atoms with Crippen molar-refractivity contribution < 1.29 is 4.79 Å². The summed E-state index contributed by atoms with van der Waals surface area (Å²) in [7, 11) is 0. The van der Waals surface area contributed by atoms with E-state index in [9.17, 15) is 4.79 Å². The second-order valence-corrected chi connectivity index (χ2v) is 7.15. The van der Waals surface area contributed by atoms with Crippen molar-refractivity contribution in [1.82, 2.24) is 15.0 Å². The van der Waals surface area contributed by atoms with Gasteiger partial charge in [0.1, 0.15) is 5.69 Å². The van der Waals surface area contributed by atoms with E-state index < -0.39 is 0 Å². The Bertz CT molecular complexity index is 1120. The summed E-state index contributed by atoms with van der Waals surface area (Å²) in [6, 6.07) is 13.7. The molecule has 4 aromatic rings. The van der Waals surface area contributed by atoms with Gasteiger partial charge in [-0.2, -0.15) is 0 Å². The van der Waals surface area contributed by atoms with Crippen molar-refractivity contribution in [2.24, 2.45) is 0 Å². The van der Waals surface area contributed by atoms with Gasteiger partial charge < -0.3 is 5.32 Å². The number of amides is 1. The summed E-state index contributed by atoms with van der Waals surface area (Å²) in [5.74, 6) is -0.0970. The first kappa shape index (κ1) is 17.3. The van der Waals surface area contributed by atoms with Gasteiger partial charge in [-0.3, -0.25) is 14.8 Å². The zero-order valence-electron chi connectivity index (χ0n) is 15.1. The first-order valence-electron chi connectivity index (χ1n) is 8.63. The third-order valence-electron chi connectivity index (χ3n) is 4.50. The van der Waals surface area contributed by atoms with Crippen LogP contribution in [0, 0.1) is 13.8 Å². The number of aryl methyl sites for hydroxylation is 2. The van der Waals surface area contributed by atoms with Gasteiger partial charge in [0.05, 0.1) is 17.6 Å². The van der Waals surface area contributed by atoms with Crippen molar-refractivity contribution >= 4 is 33.3 Å². The zero-order valence-corrected chi connectivity index (χ0v) is 15.9. The second kappa shape index (κ2) is 7.25. The van der Waals surface area contributed by atoms with Gasteiger partial charge in [0.25, 0.3) is 0 Å². The molecule has 3 heterocycles. The van der Waals surface area contributed by atoms with Crippen LogP contribution in [0.1, 0.15) is 16.8 Å². The van der Waals surface area contributed by atoms with Crippen molar-refractivity contribution in [3.63, 3.8) is 0 Å². The maximum atomic E-state index is 12.6. The Balaban J connectivity index is 1.54. The van der Waals surface area contributed by atoms with Crippen LogP contribution in [-0.2, 0) is 11.2 Å². The molecule has 0 unspecified atom stereocenters. The van der Waals surface area contributed by atoms with Crippen molar-refractivity contribution in [3.8, 4) is 11.4 Å². The molecule has 0 spiro atoms. The molecular formula is C21H18N4OS. The van der Waals surface area contributed by atoms with Crippen molar-refractivity contribution in [1.29, 1.82) is 0 Å². The van der Waals surface area contributed by atoms with Crippen LogP contribution in [0.25, 0.3) is 22.3 Å². The molecule has 4 rings (SSSR count). The lowest BCUT2D eigenvalue weighted by molar-refractivity contribution is -0.115. The minimum Gasteiger partial charge on any atom is -0.302 e. The molecule has 6 heteroatoms. The molecule has 0 bridgehead atoms. The fourth-order valence-electron chi connectivity index (χ4n) is 3.12. The molecule has 0 fully saturated rings. The molecule has 0 radical (unpaired) electrons. The fraction of sp³-hybridized carbons (Fsp3) is 0.143. The Morgan fingerprint density at radius 2 is 1.85 bits per heavy atom. The number of nitrogens with zero attached hydrogens (tertiary/aromatic N) is 3. The predicted octanol–water partition coefficient (Wildman–Crippen LogP) is 4.55. The minimum absolute atomic E-state index is 0.0970. The third-order valence-corrected chi connectivity index (χ3v) is 5.26. The summed E-state index contributed by atoms with van der Waals surface area (Å²) in [5.41, 5.74) is 5.45. The molecule has 1 N–H and O–H groups in total. The number of hydrogen-bond acceptors (Lipinski definition) is 5. The molecule has 0 aliphatic heterocycles. The quantitative estimate of drug-likeness (QED) is 0.569. The molecule has 27 heavy (non-hydrogen) atoms. The largest absolute Gasteiger partial charge is 0.302 e. The summed E-state index contributed by atoms with van der Waals surface area (Å²) in [4.78, 5) is 26.0. The Hall–Kier alpha value is -3.12. The van der Waals surface area contributed by atoms with Crippen LogP contribution < -0.4 is 5.32 Å². The molecule has 1 aromatic carbocycles. The highest BCUT2D eigenvalue weighted by Gasteiger charge is 2.14. The van der Waals surface area contributed by atoms with E-state index in [1.165, 1.54) is 11.3 Å². The number of hydrogen-bond donors (Lipinski definition) is 1. The van der Waals surface area contributed by atoms with E-state index in [0.29, 0.717) is 5.13 Å². The molecule has 3 aromatic heterocycles. The van der Waals surface area contributed by atoms with Crippen LogP contribution in [0.3, 0.4) is 0 Å². The molecule has 1 amide bonds. The number of pyridine rings is 2. The second-order valence-electron chi connectivity index (χ2n) is 6.30. The molecule has 0 saturated carbocycles. The van der Waals surface area contributed by atoms with Gasteiger partial charge in [0.15, 0.2) is 5.13 Å². The predicted molar refractivity (Wildman–Crippen MR) is 109 cm³/mol. The van der Waals surface area contributed by atoms with E-state index in [4.69, 9.17) is 0 Å². The van der Waals surface area contributed by atoms with Crippen LogP contribution in [-0.4, -0.2) is 20.9 Å². The fourth-order valence-corrected chi connectivity index (χ4v) is 3.84. The van der Waals surface area contributed by atoms with Gasteiger partial charge in [-0.1, -0.05) is 24.3 Å². The normalized spacial score (nSPS) is 10.9. The van der Waals surface area contributed by atoms with Gasteiger partial charge in [-0.05, 0) is 43.2 Å². The van der Waals surface area contributed by atoms with E-state index in [-0.39, 0.29) is 12.3 Å². The maximum Gasteiger partial charge on any atom is 0.230 e. The summed E-state index contributed by atoms with van der Waals surface area (Å²) in [6.45, 7) is 3.99.